The monoisotopic (exact) mass is 309 g/mol. The number of nitrogens with zero attached hydrogens (tertiary/aromatic N) is 5. The summed E-state index contributed by atoms with van der Waals surface area (Å²) in [6.07, 6.45) is 0.552. The van der Waals surface area contributed by atoms with E-state index in [0.717, 1.165) is 36.1 Å². The van der Waals surface area contributed by atoms with Gasteiger partial charge in [-0.25, -0.2) is 8.78 Å². The zero-order valence-electron chi connectivity index (χ0n) is 13.1. The van der Waals surface area contributed by atoms with Gasteiger partial charge in [0, 0.05) is 12.1 Å². The van der Waals surface area contributed by atoms with E-state index < -0.39 is 12.2 Å². The summed E-state index contributed by atoms with van der Waals surface area (Å²) in [5.41, 5.74) is 0.372. The van der Waals surface area contributed by atoms with Crippen molar-refractivity contribution >= 4 is 11.5 Å². The van der Waals surface area contributed by atoms with Crippen LogP contribution in [0.3, 0.4) is 0 Å². The normalized spacial score (nSPS) is 22.4. The van der Waals surface area contributed by atoms with Gasteiger partial charge in [0.25, 0.3) is 6.43 Å². The van der Waals surface area contributed by atoms with Gasteiger partial charge in [0.15, 0.2) is 5.65 Å². The predicted octanol–water partition coefficient (Wildman–Crippen LogP) is 3.47. The van der Waals surface area contributed by atoms with Gasteiger partial charge in [-0.05, 0) is 44.2 Å². The molecule has 1 atom stereocenters. The minimum Gasteiger partial charge on any atom is -0.350 e. The summed E-state index contributed by atoms with van der Waals surface area (Å²) in [6.45, 7) is 7.53. The second-order valence-electron chi connectivity index (χ2n) is 6.67. The predicted molar refractivity (Wildman–Crippen MR) is 80.2 cm³/mol. The van der Waals surface area contributed by atoms with Crippen LogP contribution in [0.5, 0.6) is 0 Å². The summed E-state index contributed by atoms with van der Waals surface area (Å²) < 4.78 is 27.1. The molecular weight excluding hydrogens is 288 g/mol. The fourth-order valence-electron chi connectivity index (χ4n) is 3.58. The Kier molecular flexibility index (Phi) is 3.74. The van der Waals surface area contributed by atoms with Crippen LogP contribution in [-0.4, -0.2) is 31.9 Å². The molecule has 5 nitrogen and oxygen atoms in total. The van der Waals surface area contributed by atoms with Gasteiger partial charge in [0.05, 0.1) is 0 Å². The molecule has 0 aromatic carbocycles. The third-order valence-corrected chi connectivity index (χ3v) is 4.34. The molecule has 1 aliphatic heterocycles. The molecule has 0 unspecified atom stereocenters. The first-order chi connectivity index (χ1) is 10.4. The van der Waals surface area contributed by atoms with Crippen LogP contribution >= 0.6 is 0 Å². The van der Waals surface area contributed by atoms with E-state index >= 15 is 0 Å². The molecule has 0 saturated carbocycles. The zero-order valence-corrected chi connectivity index (χ0v) is 13.1. The lowest BCUT2D eigenvalue weighted by Gasteiger charge is -2.37. The molecule has 7 heteroatoms. The quantitative estimate of drug-likeness (QED) is 0.867. The van der Waals surface area contributed by atoms with Crippen molar-refractivity contribution in [2.75, 3.05) is 11.4 Å². The molecule has 0 N–H and O–H groups in total. The molecule has 0 radical (unpaired) electrons. The molecule has 3 rings (SSSR count). The van der Waals surface area contributed by atoms with Crippen LogP contribution < -0.4 is 4.90 Å². The maximum atomic E-state index is 13.0. The Morgan fingerprint density at radius 2 is 2.05 bits per heavy atom. The van der Waals surface area contributed by atoms with Gasteiger partial charge in [-0.2, -0.15) is 4.52 Å². The molecule has 120 valence electrons. The Balaban J connectivity index is 2.00. The van der Waals surface area contributed by atoms with Crippen molar-refractivity contribution in [3.63, 3.8) is 0 Å². The topological polar surface area (TPSA) is 46.3 Å². The second kappa shape index (κ2) is 5.44. The van der Waals surface area contributed by atoms with Crippen LogP contribution in [0.1, 0.15) is 52.3 Å². The summed E-state index contributed by atoms with van der Waals surface area (Å²) >= 11 is 0. The Morgan fingerprint density at radius 1 is 1.27 bits per heavy atom. The number of hydrogen-bond acceptors (Lipinski definition) is 4. The molecule has 22 heavy (non-hydrogen) atoms. The van der Waals surface area contributed by atoms with Gasteiger partial charge in [-0.3, -0.25) is 0 Å². The standard InChI is InChI=1S/C15H21F2N5/c1-10(2)9-15(3)7-4-8-21(15)12-6-5-11-18-19-14(13(16)17)22(11)20-12/h5-6,10,13H,4,7-9H2,1-3H3/t15-/m1/s1. The van der Waals surface area contributed by atoms with E-state index in [-0.39, 0.29) is 5.54 Å². The van der Waals surface area contributed by atoms with Crippen LogP contribution in [0.2, 0.25) is 0 Å². The third-order valence-electron chi connectivity index (χ3n) is 4.34. The number of aromatic nitrogens is 4. The number of anilines is 1. The molecule has 0 amide bonds. The molecule has 1 aliphatic rings. The average Bonchev–Trinajstić information content (AvgIpc) is 3.00. The summed E-state index contributed by atoms with van der Waals surface area (Å²) in [5.74, 6) is 0.886. The van der Waals surface area contributed by atoms with Crippen molar-refractivity contribution in [3.8, 4) is 0 Å². The molecule has 2 aromatic heterocycles. The molecule has 0 spiro atoms. The van der Waals surface area contributed by atoms with E-state index in [1.54, 1.807) is 6.07 Å². The number of fused-ring (bicyclic) bond motifs is 1. The lowest BCUT2D eigenvalue weighted by molar-refractivity contribution is 0.137. The van der Waals surface area contributed by atoms with E-state index in [9.17, 15) is 8.78 Å². The molecule has 0 bridgehead atoms. The van der Waals surface area contributed by atoms with Crippen LogP contribution in [0.4, 0.5) is 14.6 Å². The highest BCUT2D eigenvalue weighted by molar-refractivity contribution is 5.48. The molecular formula is C15H21F2N5. The SMILES string of the molecule is CC(C)C[C@@]1(C)CCCN1c1ccc2nnc(C(F)F)n2n1. The number of alkyl halides is 2. The number of hydrogen-bond donors (Lipinski definition) is 0. The fourth-order valence-corrected chi connectivity index (χ4v) is 3.58. The maximum absolute atomic E-state index is 13.0. The highest BCUT2D eigenvalue weighted by atomic mass is 19.3. The van der Waals surface area contributed by atoms with E-state index in [2.05, 4.69) is 41.0 Å². The largest absolute Gasteiger partial charge is 0.350 e. The van der Waals surface area contributed by atoms with E-state index in [1.807, 2.05) is 6.07 Å². The Bertz CT molecular complexity index is 669. The summed E-state index contributed by atoms with van der Waals surface area (Å²) in [6, 6.07) is 3.55. The van der Waals surface area contributed by atoms with Crippen LogP contribution in [-0.2, 0) is 0 Å². The summed E-state index contributed by atoms with van der Waals surface area (Å²) in [7, 11) is 0. The fraction of sp³-hybridized carbons (Fsp3) is 0.667. The third kappa shape index (κ3) is 2.53. The molecule has 1 fully saturated rings. The maximum Gasteiger partial charge on any atom is 0.299 e. The number of halogens is 2. The van der Waals surface area contributed by atoms with E-state index in [0.29, 0.717) is 11.6 Å². The summed E-state index contributed by atoms with van der Waals surface area (Å²) in [5, 5.41) is 11.7. The van der Waals surface area contributed by atoms with E-state index in [4.69, 9.17) is 0 Å². The Morgan fingerprint density at radius 3 is 2.73 bits per heavy atom. The minimum absolute atomic E-state index is 0.0217. The number of rotatable bonds is 4. The Hall–Kier alpha value is -1.79. The minimum atomic E-state index is -2.68. The highest BCUT2D eigenvalue weighted by Crippen LogP contribution is 2.37. The van der Waals surface area contributed by atoms with Crippen LogP contribution in [0.25, 0.3) is 5.65 Å². The lowest BCUT2D eigenvalue weighted by atomic mass is 9.88. The van der Waals surface area contributed by atoms with Crippen molar-refractivity contribution in [1.29, 1.82) is 0 Å². The summed E-state index contributed by atoms with van der Waals surface area (Å²) in [4.78, 5) is 2.24. The molecule has 3 heterocycles. The van der Waals surface area contributed by atoms with Crippen molar-refractivity contribution in [2.24, 2.45) is 5.92 Å². The van der Waals surface area contributed by atoms with Crippen LogP contribution in [0.15, 0.2) is 12.1 Å². The zero-order chi connectivity index (χ0) is 15.9. The van der Waals surface area contributed by atoms with Gasteiger partial charge in [-0.15, -0.1) is 15.3 Å². The van der Waals surface area contributed by atoms with Gasteiger partial charge in [0.1, 0.15) is 5.82 Å². The second-order valence-corrected chi connectivity index (χ2v) is 6.67. The van der Waals surface area contributed by atoms with Gasteiger partial charge < -0.3 is 4.90 Å². The first-order valence-electron chi connectivity index (χ1n) is 7.69. The molecule has 0 aliphatic carbocycles. The molecule has 1 saturated heterocycles. The Labute approximate surface area is 128 Å². The average molecular weight is 309 g/mol. The van der Waals surface area contributed by atoms with Gasteiger partial charge in [0.2, 0.25) is 5.82 Å². The van der Waals surface area contributed by atoms with Gasteiger partial charge in [-0.1, -0.05) is 13.8 Å². The van der Waals surface area contributed by atoms with Gasteiger partial charge >= 0.3 is 0 Å². The first kappa shape index (κ1) is 15.1. The van der Waals surface area contributed by atoms with Crippen molar-refractivity contribution in [2.45, 2.75) is 52.0 Å². The van der Waals surface area contributed by atoms with Crippen LogP contribution in [0, 0.1) is 5.92 Å². The van der Waals surface area contributed by atoms with Crippen molar-refractivity contribution in [3.05, 3.63) is 18.0 Å². The van der Waals surface area contributed by atoms with Crippen molar-refractivity contribution in [1.82, 2.24) is 19.8 Å². The van der Waals surface area contributed by atoms with Crippen molar-refractivity contribution < 1.29 is 8.78 Å². The van der Waals surface area contributed by atoms with E-state index in [1.165, 1.54) is 0 Å². The lowest BCUT2D eigenvalue weighted by Crippen LogP contribution is -2.43. The highest BCUT2D eigenvalue weighted by Gasteiger charge is 2.38. The smallest absolute Gasteiger partial charge is 0.299 e. The molecule has 2 aromatic rings. The first-order valence-corrected chi connectivity index (χ1v) is 7.69.